The monoisotopic (exact) mass is 298 g/mol. The van der Waals surface area contributed by atoms with E-state index in [-0.39, 0.29) is 24.8 Å². The maximum atomic E-state index is 12.7. The molecule has 0 radical (unpaired) electrons. The van der Waals surface area contributed by atoms with Crippen LogP contribution in [0.3, 0.4) is 0 Å². The Morgan fingerprint density at radius 1 is 1.14 bits per heavy atom. The maximum Gasteiger partial charge on any atom is 0.307 e. The Morgan fingerprint density at radius 3 is 2.45 bits per heavy atom. The van der Waals surface area contributed by atoms with E-state index in [4.69, 9.17) is 0 Å². The van der Waals surface area contributed by atoms with Crippen LogP contribution in [0.4, 0.5) is 5.82 Å². The highest BCUT2D eigenvalue weighted by molar-refractivity contribution is 6.05. The number of anilines is 1. The quantitative estimate of drug-likeness (QED) is 0.796. The topological polar surface area (TPSA) is 59.5 Å². The fraction of sp³-hybridized carbons (Fsp3) is 0.235. The van der Waals surface area contributed by atoms with Crippen LogP contribution in [0.5, 0.6) is 0 Å². The van der Waals surface area contributed by atoms with Gasteiger partial charge in [-0.3, -0.25) is 14.5 Å². The van der Waals surface area contributed by atoms with Crippen LogP contribution >= 0.6 is 0 Å². The number of nitrogens with zero attached hydrogens (tertiary/aromatic N) is 2. The lowest BCUT2D eigenvalue weighted by molar-refractivity contribution is -0.140. The van der Waals surface area contributed by atoms with Crippen molar-refractivity contribution in [2.45, 2.75) is 13.3 Å². The number of methoxy groups -OCH3 is 1. The van der Waals surface area contributed by atoms with Gasteiger partial charge in [0.25, 0.3) is 5.91 Å². The molecule has 0 saturated carbocycles. The van der Waals surface area contributed by atoms with Crippen molar-refractivity contribution in [3.8, 4) is 0 Å². The van der Waals surface area contributed by atoms with E-state index in [0.717, 1.165) is 5.56 Å². The molecule has 0 atom stereocenters. The zero-order valence-corrected chi connectivity index (χ0v) is 12.7. The van der Waals surface area contributed by atoms with E-state index in [1.165, 1.54) is 12.0 Å². The number of amides is 1. The van der Waals surface area contributed by atoms with Crippen LogP contribution in [0.2, 0.25) is 0 Å². The van der Waals surface area contributed by atoms with E-state index >= 15 is 0 Å². The number of ether oxygens (including phenoxy) is 1. The van der Waals surface area contributed by atoms with E-state index in [2.05, 4.69) is 9.72 Å². The third-order valence-corrected chi connectivity index (χ3v) is 3.24. The van der Waals surface area contributed by atoms with Crippen LogP contribution in [0.15, 0.2) is 48.7 Å². The van der Waals surface area contributed by atoms with Crippen LogP contribution in [0.25, 0.3) is 0 Å². The summed E-state index contributed by atoms with van der Waals surface area (Å²) in [5.74, 6) is -0.0442. The lowest BCUT2D eigenvalue weighted by atomic mass is 10.1. The van der Waals surface area contributed by atoms with Crippen molar-refractivity contribution in [2.24, 2.45) is 0 Å². The Kier molecular flexibility index (Phi) is 5.25. The molecule has 1 aromatic carbocycles. The van der Waals surface area contributed by atoms with Gasteiger partial charge >= 0.3 is 5.97 Å². The third kappa shape index (κ3) is 3.91. The summed E-state index contributed by atoms with van der Waals surface area (Å²) in [4.78, 5) is 29.7. The number of hydrogen-bond donors (Lipinski definition) is 0. The summed E-state index contributed by atoms with van der Waals surface area (Å²) in [5.41, 5.74) is 1.64. The summed E-state index contributed by atoms with van der Waals surface area (Å²) in [5, 5.41) is 0. The second-order valence-electron chi connectivity index (χ2n) is 4.84. The first kappa shape index (κ1) is 15.7. The number of aromatic nitrogens is 1. The summed E-state index contributed by atoms with van der Waals surface area (Å²) < 4.78 is 4.64. The van der Waals surface area contributed by atoms with Gasteiger partial charge in [-0.15, -0.1) is 0 Å². The van der Waals surface area contributed by atoms with Gasteiger partial charge in [0.15, 0.2) is 0 Å². The normalized spacial score (nSPS) is 10.1. The molecular weight excluding hydrogens is 280 g/mol. The van der Waals surface area contributed by atoms with Gasteiger partial charge in [0.1, 0.15) is 5.82 Å². The van der Waals surface area contributed by atoms with Gasteiger partial charge in [-0.2, -0.15) is 0 Å². The molecule has 0 saturated heterocycles. The van der Waals surface area contributed by atoms with Gasteiger partial charge < -0.3 is 4.74 Å². The molecule has 2 aromatic rings. The van der Waals surface area contributed by atoms with Crippen LogP contribution in [-0.4, -0.2) is 30.5 Å². The summed E-state index contributed by atoms with van der Waals surface area (Å²) in [6.07, 6.45) is 1.73. The predicted octanol–water partition coefficient (Wildman–Crippen LogP) is 2.60. The van der Waals surface area contributed by atoms with E-state index < -0.39 is 0 Å². The van der Waals surface area contributed by atoms with Crippen molar-refractivity contribution in [1.82, 2.24) is 4.98 Å². The average Bonchev–Trinajstić information content (AvgIpc) is 2.56. The highest BCUT2D eigenvalue weighted by atomic mass is 16.5. The zero-order valence-electron chi connectivity index (χ0n) is 12.7. The largest absolute Gasteiger partial charge is 0.469 e. The first-order valence-corrected chi connectivity index (χ1v) is 6.98. The van der Waals surface area contributed by atoms with Gasteiger partial charge in [-0.1, -0.05) is 23.8 Å². The van der Waals surface area contributed by atoms with Crippen molar-refractivity contribution >= 4 is 17.7 Å². The van der Waals surface area contributed by atoms with Crippen LogP contribution in [0.1, 0.15) is 22.3 Å². The SMILES string of the molecule is COC(=O)CCN(C(=O)c1ccc(C)cc1)c1ccccn1. The highest BCUT2D eigenvalue weighted by Gasteiger charge is 2.19. The summed E-state index contributed by atoms with van der Waals surface area (Å²) in [7, 11) is 1.33. The Balaban J connectivity index is 2.25. The smallest absolute Gasteiger partial charge is 0.307 e. The van der Waals surface area contributed by atoms with Gasteiger partial charge in [-0.25, -0.2) is 4.98 Å². The van der Waals surface area contributed by atoms with Crippen molar-refractivity contribution in [3.63, 3.8) is 0 Å². The summed E-state index contributed by atoms with van der Waals surface area (Å²) >= 11 is 0. The van der Waals surface area contributed by atoms with Gasteiger partial charge in [-0.05, 0) is 31.2 Å². The number of esters is 1. The zero-order chi connectivity index (χ0) is 15.9. The average molecular weight is 298 g/mol. The second kappa shape index (κ2) is 7.36. The van der Waals surface area contributed by atoms with Crippen molar-refractivity contribution < 1.29 is 14.3 Å². The molecule has 1 heterocycles. The molecule has 0 N–H and O–H groups in total. The number of aryl methyl sites for hydroxylation is 1. The minimum Gasteiger partial charge on any atom is -0.469 e. The van der Waals surface area contributed by atoms with Crippen molar-refractivity contribution in [3.05, 3.63) is 59.8 Å². The molecule has 0 aliphatic heterocycles. The third-order valence-electron chi connectivity index (χ3n) is 3.24. The van der Waals surface area contributed by atoms with Crippen molar-refractivity contribution in [1.29, 1.82) is 0 Å². The van der Waals surface area contributed by atoms with Gasteiger partial charge in [0.05, 0.1) is 13.5 Å². The molecule has 0 aliphatic rings. The first-order chi connectivity index (χ1) is 10.6. The first-order valence-electron chi connectivity index (χ1n) is 6.98. The van der Waals surface area contributed by atoms with E-state index in [1.807, 2.05) is 19.1 Å². The molecule has 1 aromatic heterocycles. The number of carbonyl (C=O) groups is 2. The van der Waals surface area contributed by atoms with E-state index in [0.29, 0.717) is 11.4 Å². The predicted molar refractivity (Wildman–Crippen MR) is 83.7 cm³/mol. The number of benzene rings is 1. The van der Waals surface area contributed by atoms with Crippen LogP contribution in [0, 0.1) is 6.92 Å². The second-order valence-corrected chi connectivity index (χ2v) is 4.84. The Bertz CT molecular complexity index is 639. The van der Waals surface area contributed by atoms with E-state index in [1.54, 1.807) is 36.5 Å². The molecule has 114 valence electrons. The van der Waals surface area contributed by atoms with E-state index in [9.17, 15) is 9.59 Å². The Morgan fingerprint density at radius 2 is 1.86 bits per heavy atom. The van der Waals surface area contributed by atoms with Crippen LogP contribution < -0.4 is 4.90 Å². The minimum absolute atomic E-state index is 0.116. The molecular formula is C17H18N2O3. The molecule has 22 heavy (non-hydrogen) atoms. The molecule has 5 nitrogen and oxygen atoms in total. The molecule has 5 heteroatoms. The molecule has 2 rings (SSSR count). The van der Waals surface area contributed by atoms with Crippen LogP contribution in [-0.2, 0) is 9.53 Å². The standard InChI is InChI=1S/C17H18N2O3/c1-13-6-8-14(9-7-13)17(21)19(12-10-16(20)22-2)15-5-3-4-11-18-15/h3-9,11H,10,12H2,1-2H3. The minimum atomic E-state index is -0.363. The number of hydrogen-bond acceptors (Lipinski definition) is 4. The highest BCUT2D eigenvalue weighted by Crippen LogP contribution is 2.15. The molecule has 0 unspecified atom stereocenters. The molecule has 1 amide bonds. The number of carbonyl (C=O) groups excluding carboxylic acids is 2. The summed E-state index contributed by atoms with van der Waals surface area (Å²) in [6.45, 7) is 2.18. The lowest BCUT2D eigenvalue weighted by Gasteiger charge is -2.21. The molecule has 0 aliphatic carbocycles. The Hall–Kier alpha value is -2.69. The van der Waals surface area contributed by atoms with Gasteiger partial charge in [0, 0.05) is 18.3 Å². The molecule has 0 fully saturated rings. The number of pyridine rings is 1. The van der Waals surface area contributed by atoms with Gasteiger partial charge in [0.2, 0.25) is 0 Å². The molecule has 0 spiro atoms. The summed E-state index contributed by atoms with van der Waals surface area (Å²) in [6, 6.07) is 12.6. The Labute approximate surface area is 129 Å². The fourth-order valence-electron chi connectivity index (χ4n) is 1.99. The number of rotatable bonds is 5. The lowest BCUT2D eigenvalue weighted by Crippen LogP contribution is -2.33. The van der Waals surface area contributed by atoms with Crippen molar-refractivity contribution in [2.75, 3.05) is 18.6 Å². The molecule has 0 bridgehead atoms. The fourth-order valence-corrected chi connectivity index (χ4v) is 1.99. The maximum absolute atomic E-state index is 12.7.